The molecule has 40 heavy (non-hydrogen) atoms. The van der Waals surface area contributed by atoms with E-state index >= 15 is 0 Å². The summed E-state index contributed by atoms with van der Waals surface area (Å²) in [5, 5.41) is 8.89. The van der Waals surface area contributed by atoms with Gasteiger partial charge in [0, 0.05) is 0 Å². The van der Waals surface area contributed by atoms with E-state index in [1.165, 1.54) is 31.8 Å². The fourth-order valence-electron chi connectivity index (χ4n) is 5.40. The summed E-state index contributed by atoms with van der Waals surface area (Å²) in [6.07, 6.45) is 0. The van der Waals surface area contributed by atoms with Gasteiger partial charge in [-0.2, -0.15) is 0 Å². The molecule has 6 aromatic carbocycles. The van der Waals surface area contributed by atoms with Crippen molar-refractivity contribution >= 4 is 59.7 Å². The van der Waals surface area contributed by atoms with Gasteiger partial charge in [0.2, 0.25) is 0 Å². The summed E-state index contributed by atoms with van der Waals surface area (Å²) in [5.74, 6) is 0. The van der Waals surface area contributed by atoms with Crippen LogP contribution >= 0.6 is 27.9 Å². The van der Waals surface area contributed by atoms with Crippen LogP contribution in [0.4, 0.5) is 0 Å². The summed E-state index contributed by atoms with van der Waals surface area (Å²) < 4.78 is 0. The minimum atomic E-state index is -2.50. The molecule has 0 atom stereocenters. The monoisotopic (exact) mass is 712 g/mol. The van der Waals surface area contributed by atoms with Crippen LogP contribution < -0.4 is 31.8 Å². The van der Waals surface area contributed by atoms with E-state index in [9.17, 15) is 0 Å². The van der Waals surface area contributed by atoms with Gasteiger partial charge in [0.25, 0.3) is 0 Å². The van der Waals surface area contributed by atoms with Crippen LogP contribution in [-0.2, 0) is 17.0 Å². The van der Waals surface area contributed by atoms with E-state index in [0.717, 1.165) is 0 Å². The molecular weight excluding hydrogens is 681 g/mol. The Morgan fingerprint density at radius 1 is 0.250 bits per heavy atom. The average molecular weight is 714 g/mol. The first-order chi connectivity index (χ1) is 19.3. The van der Waals surface area contributed by atoms with E-state index in [0.29, 0.717) is 17.0 Å². The molecule has 0 fully saturated rings. The summed E-state index contributed by atoms with van der Waals surface area (Å²) in [7, 11) is 0. The number of rotatable bonds is 8. The summed E-state index contributed by atoms with van der Waals surface area (Å²) in [6.45, 7) is 0. The van der Waals surface area contributed by atoms with Crippen molar-refractivity contribution in [3.05, 3.63) is 182 Å². The molecule has 0 aromatic heterocycles. The van der Waals surface area contributed by atoms with E-state index in [1.807, 2.05) is 0 Å². The van der Waals surface area contributed by atoms with Crippen molar-refractivity contribution in [1.29, 1.82) is 0 Å². The molecule has 6 aromatic rings. The molecule has 0 bridgehead atoms. The molecule has 0 amide bonds. The maximum atomic E-state index is 2.39. The van der Waals surface area contributed by atoms with Crippen molar-refractivity contribution in [2.75, 3.05) is 0 Å². The first-order valence-corrected chi connectivity index (χ1v) is 21.6. The Morgan fingerprint density at radius 2 is 0.400 bits per heavy atom. The molecule has 0 aliphatic rings. The standard InChI is InChI=1S/2C18H15P.BrH.Pd/c2*1-4-10-16(11-5-1)19(17-12-6-2-7-13-17)18-14-8-3-9-15-18;;/h2*1-15H;1H;/q;;;-2/p+2. The van der Waals surface area contributed by atoms with E-state index in [4.69, 9.17) is 0 Å². The molecule has 0 saturated heterocycles. The van der Waals surface area contributed by atoms with E-state index in [2.05, 4.69) is 182 Å². The van der Waals surface area contributed by atoms with E-state index < -0.39 is 10.9 Å². The predicted molar refractivity (Wildman–Crippen MR) is 183 cm³/mol. The molecule has 0 nitrogen and oxygen atoms in total. The zero-order valence-corrected chi connectivity index (χ0v) is 27.3. The van der Waals surface area contributed by atoms with Gasteiger partial charge in [0.05, 0.1) is 0 Å². The van der Waals surface area contributed by atoms with Gasteiger partial charge >= 0.3 is 242 Å². The normalized spacial score (nSPS) is 12.3. The second-order valence-corrected chi connectivity index (χ2v) is 26.5. The third kappa shape index (κ3) is 5.46. The number of hydrogen-bond acceptors (Lipinski definition) is 0. The molecule has 0 aliphatic heterocycles. The second kappa shape index (κ2) is 13.3. The van der Waals surface area contributed by atoms with Crippen molar-refractivity contribution < 1.29 is 17.0 Å². The van der Waals surface area contributed by atoms with Gasteiger partial charge in [-0.1, -0.05) is 0 Å². The quantitative estimate of drug-likeness (QED) is 0.119. The zero-order chi connectivity index (χ0) is 26.4. The zero-order valence-electron chi connectivity index (χ0n) is 22.0. The average Bonchev–Trinajstić information content (AvgIpc) is 3.04. The van der Waals surface area contributed by atoms with Crippen molar-refractivity contribution in [3.63, 3.8) is 0 Å². The Kier molecular flexibility index (Phi) is 9.60. The topological polar surface area (TPSA) is 0 Å². The van der Waals surface area contributed by atoms with Crippen LogP contribution in [0.1, 0.15) is 0 Å². The third-order valence-electron chi connectivity index (χ3n) is 7.16. The van der Waals surface area contributed by atoms with Crippen LogP contribution in [-0.4, -0.2) is 0 Å². The predicted octanol–water partition coefficient (Wildman–Crippen LogP) is 6.93. The second-order valence-electron chi connectivity index (χ2n) is 9.50. The van der Waals surface area contributed by atoms with Crippen LogP contribution in [0.3, 0.4) is 0 Å². The first kappa shape index (κ1) is 28.8. The molecule has 204 valence electrons. The molecule has 0 spiro atoms. The summed E-state index contributed by atoms with van der Waals surface area (Å²) in [5.41, 5.74) is -4.99. The molecule has 0 aliphatic carbocycles. The Morgan fingerprint density at radius 3 is 0.550 bits per heavy atom. The summed E-state index contributed by atoms with van der Waals surface area (Å²) in [4.78, 5) is 0. The van der Waals surface area contributed by atoms with Crippen LogP contribution in [0, 0.1) is 0 Å². The first-order valence-electron chi connectivity index (χ1n) is 13.3. The minimum absolute atomic E-state index is 0. The Labute approximate surface area is 257 Å². The van der Waals surface area contributed by atoms with Gasteiger partial charge in [-0.3, -0.25) is 0 Å². The molecule has 0 N–H and O–H groups in total. The molecular formula is C36H33BrP2Pd. The van der Waals surface area contributed by atoms with Crippen LogP contribution in [0.5, 0.6) is 0 Å². The Hall–Kier alpha value is -2.68. The van der Waals surface area contributed by atoms with Crippen molar-refractivity contribution in [3.8, 4) is 0 Å². The number of benzene rings is 6. The Balaban J connectivity index is 0.00000323. The third-order valence-corrected chi connectivity index (χ3v) is 34.2. The SMILES string of the molecule is Br.c1ccc([PH]([Pd][PH](c2ccccc2)(c2ccccc2)c2ccccc2)(c2ccccc2)c2ccccc2)cc1. The van der Waals surface area contributed by atoms with Gasteiger partial charge in [-0.05, 0) is 0 Å². The molecule has 0 heterocycles. The van der Waals surface area contributed by atoms with E-state index in [1.54, 1.807) is 0 Å². The number of hydrogen-bond donors (Lipinski definition) is 0. The van der Waals surface area contributed by atoms with Gasteiger partial charge in [0.1, 0.15) is 0 Å². The molecule has 0 saturated carbocycles. The number of halogens is 1. The van der Waals surface area contributed by atoms with Crippen LogP contribution in [0.2, 0.25) is 0 Å². The summed E-state index contributed by atoms with van der Waals surface area (Å²) >= 11 is 0.381. The van der Waals surface area contributed by atoms with Crippen LogP contribution in [0.15, 0.2) is 182 Å². The van der Waals surface area contributed by atoms with Gasteiger partial charge < -0.3 is 0 Å². The van der Waals surface area contributed by atoms with Crippen LogP contribution in [0.25, 0.3) is 0 Å². The van der Waals surface area contributed by atoms with Crippen molar-refractivity contribution in [2.24, 2.45) is 0 Å². The molecule has 0 radical (unpaired) electrons. The van der Waals surface area contributed by atoms with Crippen molar-refractivity contribution in [1.82, 2.24) is 0 Å². The summed E-state index contributed by atoms with van der Waals surface area (Å²) in [6, 6.07) is 68.4. The molecule has 0 unspecified atom stereocenters. The fraction of sp³-hybridized carbons (Fsp3) is 0. The van der Waals surface area contributed by atoms with Crippen molar-refractivity contribution in [2.45, 2.75) is 0 Å². The van der Waals surface area contributed by atoms with Gasteiger partial charge in [0.15, 0.2) is 0 Å². The fourth-order valence-corrected chi connectivity index (χ4v) is 39.4. The van der Waals surface area contributed by atoms with Gasteiger partial charge in [-0.15, -0.1) is 17.0 Å². The van der Waals surface area contributed by atoms with E-state index in [-0.39, 0.29) is 17.0 Å². The van der Waals surface area contributed by atoms with Gasteiger partial charge in [-0.25, -0.2) is 0 Å². The molecule has 4 heteroatoms. The molecule has 6 rings (SSSR count). The Bertz CT molecular complexity index is 1280. The maximum absolute atomic E-state index is 2.50.